The molecule has 0 radical (unpaired) electrons. The van der Waals surface area contributed by atoms with Crippen molar-refractivity contribution in [1.29, 1.82) is 0 Å². The second-order valence-electron chi connectivity index (χ2n) is 8.79. The number of phenols is 1. The number of alkyl halides is 1. The Kier molecular flexibility index (Phi) is 6.97. The third-order valence-electron chi connectivity index (χ3n) is 5.73. The lowest BCUT2D eigenvalue weighted by atomic mass is 9.81. The van der Waals surface area contributed by atoms with E-state index in [9.17, 15) is 19.1 Å². The number of hydrogen-bond donors (Lipinski definition) is 1. The van der Waals surface area contributed by atoms with E-state index in [2.05, 4.69) is 4.74 Å². The number of aromatic hydroxyl groups is 1. The Morgan fingerprint density at radius 3 is 2.45 bits per heavy atom. The van der Waals surface area contributed by atoms with Gasteiger partial charge in [0.05, 0.1) is 18.7 Å². The third kappa shape index (κ3) is 5.11. The van der Waals surface area contributed by atoms with Crippen LogP contribution in [0.5, 0.6) is 5.75 Å². The highest BCUT2D eigenvalue weighted by molar-refractivity contribution is 5.87. The van der Waals surface area contributed by atoms with E-state index in [0.29, 0.717) is 23.8 Å². The average molecular weight is 461 g/mol. The summed E-state index contributed by atoms with van der Waals surface area (Å²) in [5.41, 5.74) is -0.895. The number of fused-ring (bicyclic) bond motifs is 1. The molecule has 0 fully saturated rings. The molecule has 1 aliphatic rings. The number of ether oxygens (including phenoxy) is 1. The molecule has 0 aromatic heterocycles. The Balaban J connectivity index is 2.22. The van der Waals surface area contributed by atoms with Crippen LogP contribution < -0.4 is 0 Å². The maximum atomic E-state index is 15.4. The van der Waals surface area contributed by atoms with Gasteiger partial charge in [-0.1, -0.05) is 6.07 Å². The molecule has 0 saturated carbocycles. The van der Waals surface area contributed by atoms with E-state index in [1.807, 2.05) is 0 Å². The first kappa shape index (κ1) is 24.5. The summed E-state index contributed by atoms with van der Waals surface area (Å²) in [6.07, 6.45) is 3.08. The van der Waals surface area contributed by atoms with Crippen LogP contribution in [0.25, 0.3) is 6.08 Å². The predicted octanol–water partition coefficient (Wildman–Crippen LogP) is 4.75. The van der Waals surface area contributed by atoms with Crippen LogP contribution in [0.4, 0.5) is 13.2 Å². The molecule has 1 heterocycles. The molecule has 0 amide bonds. The van der Waals surface area contributed by atoms with Crippen LogP contribution in [-0.4, -0.2) is 47.6 Å². The summed E-state index contributed by atoms with van der Waals surface area (Å²) in [6, 6.07) is 3.56. The lowest BCUT2D eigenvalue weighted by Crippen LogP contribution is -2.48. The second-order valence-corrected chi connectivity index (χ2v) is 8.79. The molecule has 0 saturated heterocycles. The van der Waals surface area contributed by atoms with Crippen LogP contribution in [-0.2, 0) is 16.0 Å². The van der Waals surface area contributed by atoms with Crippen molar-refractivity contribution in [2.24, 2.45) is 0 Å². The second kappa shape index (κ2) is 9.39. The smallest absolute Gasteiger partial charge is 0.330 e. The van der Waals surface area contributed by atoms with Gasteiger partial charge in [0, 0.05) is 24.2 Å². The van der Waals surface area contributed by atoms with E-state index in [-0.39, 0.29) is 35.0 Å². The van der Waals surface area contributed by atoms with E-state index in [0.717, 1.165) is 18.2 Å². The number of rotatable bonds is 6. The summed E-state index contributed by atoms with van der Waals surface area (Å²) in [6.45, 7) is 4.43. The van der Waals surface area contributed by atoms with E-state index in [1.54, 1.807) is 11.8 Å². The van der Waals surface area contributed by atoms with Gasteiger partial charge in [0.2, 0.25) is 0 Å². The van der Waals surface area contributed by atoms with Crippen LogP contribution in [0, 0.1) is 11.6 Å². The summed E-state index contributed by atoms with van der Waals surface area (Å²) in [5.74, 6) is -2.66. The number of aldehydes is 1. The van der Waals surface area contributed by atoms with Gasteiger partial charge in [0.1, 0.15) is 23.1 Å². The standard InChI is InChI=1S/C25H26F3NO4/c1-14-9-17-16(6-7-21(31)18(17)12-30)24(29(14)13-25(2,3)28)23-19(26)10-15(11-20(23)27)5-8-22(32)33-4/h5-8,10-12,14,24,31H,9,13H2,1-4H3/b8-5+. The van der Waals surface area contributed by atoms with Crippen molar-refractivity contribution in [2.45, 2.75) is 44.9 Å². The topological polar surface area (TPSA) is 66.8 Å². The molecule has 1 aliphatic heterocycles. The molecule has 8 heteroatoms. The van der Waals surface area contributed by atoms with Crippen molar-refractivity contribution < 1.29 is 32.6 Å². The molecule has 33 heavy (non-hydrogen) atoms. The predicted molar refractivity (Wildman–Crippen MR) is 118 cm³/mol. The zero-order valence-electron chi connectivity index (χ0n) is 18.9. The molecule has 0 spiro atoms. The summed E-state index contributed by atoms with van der Waals surface area (Å²) < 4.78 is 49.9. The number of carbonyl (C=O) groups excluding carboxylic acids is 2. The van der Waals surface area contributed by atoms with Gasteiger partial charge >= 0.3 is 5.97 Å². The molecule has 2 aromatic rings. The number of halogens is 3. The minimum absolute atomic E-state index is 0.0574. The Morgan fingerprint density at radius 1 is 1.27 bits per heavy atom. The van der Waals surface area contributed by atoms with E-state index >= 15 is 8.78 Å². The molecule has 3 rings (SSSR count). The van der Waals surface area contributed by atoms with Gasteiger partial charge in [-0.15, -0.1) is 0 Å². The van der Waals surface area contributed by atoms with Crippen LogP contribution in [0.15, 0.2) is 30.3 Å². The Morgan fingerprint density at radius 2 is 1.91 bits per heavy atom. The number of nitrogens with zero attached hydrogens (tertiary/aromatic N) is 1. The van der Waals surface area contributed by atoms with Crippen LogP contribution in [0.1, 0.15) is 59.4 Å². The van der Waals surface area contributed by atoms with Crippen molar-refractivity contribution in [1.82, 2.24) is 4.90 Å². The molecular weight excluding hydrogens is 435 g/mol. The number of hydrogen-bond acceptors (Lipinski definition) is 5. The van der Waals surface area contributed by atoms with E-state index in [4.69, 9.17) is 0 Å². The average Bonchev–Trinajstić information content (AvgIpc) is 2.72. The zero-order chi connectivity index (χ0) is 24.5. The lowest BCUT2D eigenvalue weighted by molar-refractivity contribution is -0.134. The fourth-order valence-electron chi connectivity index (χ4n) is 4.33. The quantitative estimate of drug-likeness (QED) is 0.382. The van der Waals surface area contributed by atoms with Gasteiger partial charge in [0.15, 0.2) is 6.29 Å². The van der Waals surface area contributed by atoms with Crippen molar-refractivity contribution in [3.05, 3.63) is 69.8 Å². The van der Waals surface area contributed by atoms with Crippen molar-refractivity contribution >= 4 is 18.3 Å². The van der Waals surface area contributed by atoms with Crippen molar-refractivity contribution in [3.8, 4) is 5.75 Å². The van der Waals surface area contributed by atoms with E-state index < -0.39 is 29.3 Å². The molecule has 1 N–H and O–H groups in total. The fraction of sp³-hybridized carbons (Fsp3) is 0.360. The first-order chi connectivity index (χ1) is 15.5. The van der Waals surface area contributed by atoms with E-state index in [1.165, 1.54) is 39.2 Å². The summed E-state index contributed by atoms with van der Waals surface area (Å²) >= 11 is 0. The monoisotopic (exact) mass is 461 g/mol. The number of carbonyl (C=O) groups is 2. The summed E-state index contributed by atoms with van der Waals surface area (Å²) in [7, 11) is 1.19. The highest BCUT2D eigenvalue weighted by atomic mass is 19.1. The fourth-order valence-corrected chi connectivity index (χ4v) is 4.33. The molecular formula is C25H26F3NO4. The van der Waals surface area contributed by atoms with Crippen LogP contribution in [0.3, 0.4) is 0 Å². The SMILES string of the molecule is COC(=O)/C=C/c1cc(F)c(C2c3ccc(O)c(C=O)c3CC(C)N2CC(C)(C)F)c(F)c1. The van der Waals surface area contributed by atoms with Gasteiger partial charge in [-0.3, -0.25) is 9.69 Å². The third-order valence-corrected chi connectivity index (χ3v) is 5.73. The minimum Gasteiger partial charge on any atom is -0.507 e. The summed E-state index contributed by atoms with van der Waals surface area (Å²) in [5, 5.41) is 10.1. The minimum atomic E-state index is -1.66. The zero-order valence-corrected chi connectivity index (χ0v) is 18.9. The maximum Gasteiger partial charge on any atom is 0.330 e. The first-order valence-electron chi connectivity index (χ1n) is 10.5. The van der Waals surface area contributed by atoms with Gasteiger partial charge in [-0.2, -0.15) is 0 Å². The van der Waals surface area contributed by atoms with Gasteiger partial charge < -0.3 is 9.84 Å². The van der Waals surface area contributed by atoms with Crippen LogP contribution in [0.2, 0.25) is 0 Å². The summed E-state index contributed by atoms with van der Waals surface area (Å²) in [4.78, 5) is 24.6. The molecule has 2 unspecified atom stereocenters. The van der Waals surface area contributed by atoms with Gasteiger partial charge in [-0.05, 0) is 68.2 Å². The number of phenolic OH excluding ortho intramolecular Hbond substituents is 1. The molecule has 5 nitrogen and oxygen atoms in total. The van der Waals surface area contributed by atoms with Crippen molar-refractivity contribution in [3.63, 3.8) is 0 Å². The highest BCUT2D eigenvalue weighted by Crippen LogP contribution is 2.43. The highest BCUT2D eigenvalue weighted by Gasteiger charge is 2.40. The molecule has 2 atom stereocenters. The maximum absolute atomic E-state index is 15.4. The lowest BCUT2D eigenvalue weighted by Gasteiger charge is -2.44. The largest absolute Gasteiger partial charge is 0.507 e. The Hall–Kier alpha value is -3.13. The first-order valence-corrected chi connectivity index (χ1v) is 10.5. The number of esters is 1. The normalized spacial score (nSPS) is 18.9. The van der Waals surface area contributed by atoms with Gasteiger partial charge in [0.25, 0.3) is 0 Å². The van der Waals surface area contributed by atoms with Crippen LogP contribution >= 0.6 is 0 Å². The van der Waals surface area contributed by atoms with Crippen molar-refractivity contribution in [2.75, 3.05) is 13.7 Å². The Bertz CT molecular complexity index is 1080. The molecule has 0 bridgehead atoms. The Labute approximate surface area is 190 Å². The molecule has 0 aliphatic carbocycles. The number of methoxy groups -OCH3 is 1. The van der Waals surface area contributed by atoms with Gasteiger partial charge in [-0.25, -0.2) is 18.0 Å². The molecule has 2 aromatic carbocycles. The number of benzene rings is 2. The molecule has 176 valence electrons.